The van der Waals surface area contributed by atoms with E-state index in [4.69, 9.17) is 5.11 Å². The number of rotatable bonds is 7. The van der Waals surface area contributed by atoms with Crippen LogP contribution < -0.4 is 5.32 Å². The number of nitrogens with one attached hydrogen (secondary N) is 1. The second-order valence-electron chi connectivity index (χ2n) is 4.40. The Morgan fingerprint density at radius 2 is 1.95 bits per heavy atom. The number of halogens is 1. The number of carbonyl (C=O) groups excluding carboxylic acids is 1. The van der Waals surface area contributed by atoms with Gasteiger partial charge in [0.05, 0.1) is 6.42 Å². The van der Waals surface area contributed by atoms with E-state index in [0.29, 0.717) is 12.0 Å². The molecule has 1 aromatic rings. The van der Waals surface area contributed by atoms with Crippen molar-refractivity contribution in [3.05, 3.63) is 35.6 Å². The molecule has 1 unspecified atom stereocenters. The summed E-state index contributed by atoms with van der Waals surface area (Å²) in [5.41, 5.74) is 0.651. The molecule has 1 atom stereocenters. The van der Waals surface area contributed by atoms with Crippen LogP contribution in [0.4, 0.5) is 4.39 Å². The first kappa shape index (κ1) is 15.1. The lowest BCUT2D eigenvalue weighted by atomic mass is 10.1. The van der Waals surface area contributed by atoms with Crippen LogP contribution in [-0.2, 0) is 16.0 Å². The first-order valence-corrected chi connectivity index (χ1v) is 6.29. The number of carboxylic acids is 1. The van der Waals surface area contributed by atoms with E-state index in [1.54, 1.807) is 0 Å². The highest BCUT2D eigenvalue weighted by atomic mass is 19.1. The van der Waals surface area contributed by atoms with Gasteiger partial charge in [-0.25, -0.2) is 9.18 Å². The van der Waals surface area contributed by atoms with Gasteiger partial charge >= 0.3 is 5.97 Å². The molecular formula is C14H18FNO3. The van der Waals surface area contributed by atoms with Crippen molar-refractivity contribution in [2.75, 3.05) is 0 Å². The molecule has 0 spiro atoms. The average Bonchev–Trinajstić information content (AvgIpc) is 2.37. The third-order valence-electron chi connectivity index (χ3n) is 2.76. The maximum Gasteiger partial charge on any atom is 0.326 e. The molecule has 0 aliphatic rings. The summed E-state index contributed by atoms with van der Waals surface area (Å²) in [5.74, 6) is -1.76. The van der Waals surface area contributed by atoms with Gasteiger partial charge in [-0.05, 0) is 24.1 Å². The summed E-state index contributed by atoms with van der Waals surface area (Å²) in [4.78, 5) is 22.7. The molecule has 1 rings (SSSR count). The quantitative estimate of drug-likeness (QED) is 0.795. The fourth-order valence-corrected chi connectivity index (χ4v) is 1.70. The molecule has 4 nitrogen and oxygen atoms in total. The van der Waals surface area contributed by atoms with E-state index in [1.807, 2.05) is 6.92 Å². The Hall–Kier alpha value is -1.91. The Bertz CT molecular complexity index is 431. The molecular weight excluding hydrogens is 249 g/mol. The number of carboxylic acid groups (broad SMARTS) is 1. The Balaban J connectivity index is 2.52. The number of benzene rings is 1. The lowest BCUT2D eigenvalue weighted by Crippen LogP contribution is -2.41. The molecule has 0 saturated heterocycles. The number of unbranched alkanes of at least 4 members (excludes halogenated alkanes) is 1. The van der Waals surface area contributed by atoms with Crippen molar-refractivity contribution >= 4 is 11.9 Å². The van der Waals surface area contributed by atoms with Gasteiger partial charge in [0.25, 0.3) is 0 Å². The summed E-state index contributed by atoms with van der Waals surface area (Å²) >= 11 is 0. The number of carbonyl (C=O) groups is 2. The Morgan fingerprint density at radius 3 is 2.47 bits per heavy atom. The summed E-state index contributed by atoms with van der Waals surface area (Å²) in [5, 5.41) is 11.5. The largest absolute Gasteiger partial charge is 0.480 e. The van der Waals surface area contributed by atoms with E-state index in [-0.39, 0.29) is 18.1 Å². The molecule has 1 aromatic carbocycles. The van der Waals surface area contributed by atoms with Crippen LogP contribution in [-0.4, -0.2) is 23.0 Å². The molecule has 0 aliphatic heterocycles. The summed E-state index contributed by atoms with van der Waals surface area (Å²) in [6.45, 7) is 1.96. The molecule has 5 heteroatoms. The van der Waals surface area contributed by atoms with Crippen LogP contribution >= 0.6 is 0 Å². The zero-order valence-electron chi connectivity index (χ0n) is 10.9. The van der Waals surface area contributed by atoms with Crippen LogP contribution in [0.2, 0.25) is 0 Å². The van der Waals surface area contributed by atoms with Crippen molar-refractivity contribution in [2.24, 2.45) is 0 Å². The molecule has 104 valence electrons. The van der Waals surface area contributed by atoms with Gasteiger partial charge in [0.2, 0.25) is 5.91 Å². The standard InChI is InChI=1S/C14H18FNO3/c1-2-3-4-12(14(18)19)16-13(17)9-10-5-7-11(15)8-6-10/h5-8,12H,2-4,9H2,1H3,(H,16,17)(H,18,19). The summed E-state index contributed by atoms with van der Waals surface area (Å²) in [6.07, 6.45) is 2.09. The summed E-state index contributed by atoms with van der Waals surface area (Å²) < 4.78 is 12.7. The highest BCUT2D eigenvalue weighted by Crippen LogP contribution is 2.05. The predicted molar refractivity (Wildman–Crippen MR) is 69.2 cm³/mol. The molecule has 0 heterocycles. The number of hydrogen-bond donors (Lipinski definition) is 2. The normalized spacial score (nSPS) is 11.9. The first-order chi connectivity index (χ1) is 9.02. The van der Waals surface area contributed by atoms with E-state index in [0.717, 1.165) is 12.8 Å². The zero-order chi connectivity index (χ0) is 14.3. The van der Waals surface area contributed by atoms with Crippen molar-refractivity contribution in [1.29, 1.82) is 0 Å². The second-order valence-corrected chi connectivity index (χ2v) is 4.40. The SMILES string of the molecule is CCCCC(NC(=O)Cc1ccc(F)cc1)C(=O)O. The number of amides is 1. The van der Waals surface area contributed by atoms with Crippen LogP contribution in [0.15, 0.2) is 24.3 Å². The fourth-order valence-electron chi connectivity index (χ4n) is 1.70. The van der Waals surface area contributed by atoms with Crippen molar-refractivity contribution in [3.63, 3.8) is 0 Å². The lowest BCUT2D eigenvalue weighted by molar-refractivity contribution is -0.142. The van der Waals surface area contributed by atoms with E-state index in [9.17, 15) is 14.0 Å². The van der Waals surface area contributed by atoms with Crippen LogP contribution in [0, 0.1) is 5.82 Å². The molecule has 0 aromatic heterocycles. The minimum Gasteiger partial charge on any atom is -0.480 e. The third kappa shape index (κ3) is 5.50. The zero-order valence-corrected chi connectivity index (χ0v) is 10.9. The molecule has 2 N–H and O–H groups in total. The minimum absolute atomic E-state index is 0.0518. The smallest absolute Gasteiger partial charge is 0.326 e. The summed E-state index contributed by atoms with van der Waals surface area (Å²) in [7, 11) is 0. The highest BCUT2D eigenvalue weighted by molar-refractivity contribution is 5.84. The molecule has 0 radical (unpaired) electrons. The predicted octanol–water partition coefficient (Wildman–Crippen LogP) is 2.13. The van der Waals surface area contributed by atoms with Gasteiger partial charge in [0.15, 0.2) is 0 Å². The van der Waals surface area contributed by atoms with E-state index < -0.39 is 12.0 Å². The van der Waals surface area contributed by atoms with Gasteiger partial charge in [0, 0.05) is 0 Å². The maximum absolute atomic E-state index is 12.7. The average molecular weight is 267 g/mol. The van der Waals surface area contributed by atoms with Gasteiger partial charge in [0.1, 0.15) is 11.9 Å². The van der Waals surface area contributed by atoms with Crippen molar-refractivity contribution < 1.29 is 19.1 Å². The monoisotopic (exact) mass is 267 g/mol. The molecule has 1 amide bonds. The Morgan fingerprint density at radius 1 is 1.32 bits per heavy atom. The lowest BCUT2D eigenvalue weighted by Gasteiger charge is -2.14. The van der Waals surface area contributed by atoms with E-state index in [1.165, 1.54) is 24.3 Å². The first-order valence-electron chi connectivity index (χ1n) is 6.29. The third-order valence-corrected chi connectivity index (χ3v) is 2.76. The number of aliphatic carboxylic acids is 1. The molecule has 0 saturated carbocycles. The Kier molecular flexibility index (Phi) is 5.99. The molecule has 0 bridgehead atoms. The van der Waals surface area contributed by atoms with Gasteiger partial charge < -0.3 is 10.4 Å². The van der Waals surface area contributed by atoms with Gasteiger partial charge in [-0.15, -0.1) is 0 Å². The van der Waals surface area contributed by atoms with Crippen LogP contribution in [0.5, 0.6) is 0 Å². The van der Waals surface area contributed by atoms with Crippen LogP contribution in [0.3, 0.4) is 0 Å². The van der Waals surface area contributed by atoms with E-state index in [2.05, 4.69) is 5.32 Å². The maximum atomic E-state index is 12.7. The van der Waals surface area contributed by atoms with Crippen molar-refractivity contribution in [1.82, 2.24) is 5.32 Å². The van der Waals surface area contributed by atoms with Gasteiger partial charge in [-0.1, -0.05) is 31.9 Å². The number of hydrogen-bond acceptors (Lipinski definition) is 2. The molecule has 0 fully saturated rings. The second kappa shape index (κ2) is 7.51. The van der Waals surface area contributed by atoms with Gasteiger partial charge in [-0.2, -0.15) is 0 Å². The van der Waals surface area contributed by atoms with Gasteiger partial charge in [-0.3, -0.25) is 4.79 Å². The van der Waals surface area contributed by atoms with Crippen molar-refractivity contribution in [3.8, 4) is 0 Å². The topological polar surface area (TPSA) is 66.4 Å². The molecule has 19 heavy (non-hydrogen) atoms. The summed E-state index contributed by atoms with van der Waals surface area (Å²) in [6, 6.07) is 4.71. The van der Waals surface area contributed by atoms with Crippen LogP contribution in [0.25, 0.3) is 0 Å². The highest BCUT2D eigenvalue weighted by Gasteiger charge is 2.19. The molecule has 0 aliphatic carbocycles. The fraction of sp³-hybridized carbons (Fsp3) is 0.429. The minimum atomic E-state index is -1.03. The van der Waals surface area contributed by atoms with Crippen LogP contribution in [0.1, 0.15) is 31.7 Å². The Labute approximate surface area is 111 Å². The van der Waals surface area contributed by atoms with E-state index >= 15 is 0 Å². The van der Waals surface area contributed by atoms with Crippen molar-refractivity contribution in [2.45, 2.75) is 38.6 Å².